The fraction of sp³-hybridized carbons (Fsp3) is 0.381. The molecule has 0 fully saturated rings. The van der Waals surface area contributed by atoms with Gasteiger partial charge in [-0.25, -0.2) is 8.78 Å². The molecule has 0 radical (unpaired) electrons. The quantitative estimate of drug-likeness (QED) is 0.544. The highest BCUT2D eigenvalue weighted by molar-refractivity contribution is 8.00. The molecule has 0 saturated carbocycles. The summed E-state index contributed by atoms with van der Waals surface area (Å²) in [4.78, 5) is 16.1. The molecule has 2 heterocycles. The van der Waals surface area contributed by atoms with Crippen LogP contribution in [0.1, 0.15) is 26.3 Å². The molecule has 3 rings (SSSR count). The maximum atomic E-state index is 13.8. The van der Waals surface area contributed by atoms with E-state index < -0.39 is 17.2 Å². The average Bonchev–Trinajstić information content (AvgIpc) is 2.99. The molecule has 1 aromatic carbocycles. The van der Waals surface area contributed by atoms with Gasteiger partial charge in [-0.3, -0.25) is 15.0 Å². The zero-order valence-electron chi connectivity index (χ0n) is 16.7. The third-order valence-electron chi connectivity index (χ3n) is 4.93. The van der Waals surface area contributed by atoms with Gasteiger partial charge in [0.1, 0.15) is 22.5 Å². The molecule has 5 nitrogen and oxygen atoms in total. The Morgan fingerprint density at radius 1 is 1.31 bits per heavy atom. The van der Waals surface area contributed by atoms with Gasteiger partial charge >= 0.3 is 0 Å². The van der Waals surface area contributed by atoms with Crippen LogP contribution in [-0.2, 0) is 6.54 Å². The molecule has 2 unspecified atom stereocenters. The fourth-order valence-corrected chi connectivity index (χ4v) is 4.80. The largest absolute Gasteiger partial charge is 0.388 e. The molecule has 1 aliphatic rings. The zero-order chi connectivity index (χ0) is 21.0. The van der Waals surface area contributed by atoms with Crippen LogP contribution in [0.4, 0.5) is 8.78 Å². The van der Waals surface area contributed by atoms with Crippen molar-refractivity contribution in [1.29, 1.82) is 0 Å². The first-order valence-corrected chi connectivity index (χ1v) is 10.3. The highest BCUT2D eigenvalue weighted by atomic mass is 32.2. The van der Waals surface area contributed by atoms with Gasteiger partial charge in [0.25, 0.3) is 0 Å². The zero-order valence-corrected chi connectivity index (χ0v) is 17.5. The van der Waals surface area contributed by atoms with Crippen LogP contribution in [-0.4, -0.2) is 39.5 Å². The predicted octanol–water partition coefficient (Wildman–Crippen LogP) is 4.09. The van der Waals surface area contributed by atoms with E-state index in [1.54, 1.807) is 19.3 Å². The number of hydrogen-bond donors (Lipinski definition) is 1. The number of aromatic nitrogens is 1. The third-order valence-corrected chi connectivity index (χ3v) is 6.34. The molecule has 8 heteroatoms. The molecule has 0 bridgehead atoms. The molecule has 29 heavy (non-hydrogen) atoms. The Hall–Kier alpha value is -2.48. The summed E-state index contributed by atoms with van der Waals surface area (Å²) in [6.07, 6.45) is 5.33. The van der Waals surface area contributed by atoms with E-state index in [9.17, 15) is 8.78 Å². The number of thioether (sulfide) groups is 1. The molecule has 0 amide bonds. The Labute approximate surface area is 174 Å². The Morgan fingerprint density at radius 3 is 2.62 bits per heavy atom. The van der Waals surface area contributed by atoms with Crippen molar-refractivity contribution >= 4 is 23.9 Å². The maximum Gasteiger partial charge on any atom is 0.127 e. The number of rotatable bonds is 7. The topological polar surface area (TPSA) is 66.9 Å². The first kappa shape index (κ1) is 21.2. The number of halogens is 2. The molecule has 1 aliphatic heterocycles. The lowest BCUT2D eigenvalue weighted by atomic mass is 9.87. The lowest BCUT2D eigenvalue weighted by molar-refractivity contribution is 0.249. The maximum absolute atomic E-state index is 13.8. The van der Waals surface area contributed by atoms with E-state index >= 15 is 0 Å². The van der Waals surface area contributed by atoms with Crippen molar-refractivity contribution < 1.29 is 8.78 Å². The number of nitrogens with two attached hydrogens (primary N) is 1. The third kappa shape index (κ3) is 4.93. The minimum absolute atomic E-state index is 0.122. The van der Waals surface area contributed by atoms with E-state index in [-0.39, 0.29) is 11.3 Å². The van der Waals surface area contributed by atoms with Crippen molar-refractivity contribution in [3.8, 4) is 0 Å². The summed E-state index contributed by atoms with van der Waals surface area (Å²) >= 11 is 1.38. The van der Waals surface area contributed by atoms with Crippen molar-refractivity contribution in [2.75, 3.05) is 6.54 Å². The highest BCUT2D eigenvalue weighted by Gasteiger charge is 2.48. The van der Waals surface area contributed by atoms with Crippen LogP contribution < -0.4 is 5.73 Å². The summed E-state index contributed by atoms with van der Waals surface area (Å²) in [7, 11) is 0. The minimum atomic E-state index is -0.601. The Kier molecular flexibility index (Phi) is 6.52. The van der Waals surface area contributed by atoms with Crippen molar-refractivity contribution in [3.63, 3.8) is 0 Å². The van der Waals surface area contributed by atoms with E-state index in [1.165, 1.54) is 23.9 Å². The van der Waals surface area contributed by atoms with E-state index in [0.717, 1.165) is 11.6 Å². The lowest BCUT2D eigenvalue weighted by Gasteiger charge is -2.38. The second-order valence-corrected chi connectivity index (χ2v) is 8.61. The smallest absolute Gasteiger partial charge is 0.127 e. The molecule has 0 spiro atoms. The Balaban J connectivity index is 1.98. The van der Waals surface area contributed by atoms with E-state index in [1.807, 2.05) is 18.5 Å². The van der Waals surface area contributed by atoms with Gasteiger partial charge < -0.3 is 10.6 Å². The number of nitrogens with zero attached hydrogens (tertiary/aromatic N) is 4. The van der Waals surface area contributed by atoms with Crippen molar-refractivity contribution in [2.24, 2.45) is 21.6 Å². The summed E-state index contributed by atoms with van der Waals surface area (Å²) in [5.74, 6) is -0.601. The Bertz CT molecular complexity index is 879. The number of pyridine rings is 1. The average molecular weight is 418 g/mol. The van der Waals surface area contributed by atoms with E-state index in [2.05, 4.69) is 28.7 Å². The number of hydrogen-bond acceptors (Lipinski definition) is 5. The lowest BCUT2D eigenvalue weighted by Crippen LogP contribution is -2.49. The molecule has 0 saturated heterocycles. The number of benzene rings is 1. The molecular formula is C21H25F2N5S. The normalized spacial score (nSPS) is 21.9. The van der Waals surface area contributed by atoms with Crippen LogP contribution in [0.3, 0.4) is 0 Å². The molecule has 154 valence electrons. The van der Waals surface area contributed by atoms with Crippen molar-refractivity contribution in [2.45, 2.75) is 43.1 Å². The van der Waals surface area contributed by atoms with Gasteiger partial charge in [-0.05, 0) is 36.6 Å². The van der Waals surface area contributed by atoms with Crippen LogP contribution >= 0.6 is 11.8 Å². The minimum Gasteiger partial charge on any atom is -0.388 e. The van der Waals surface area contributed by atoms with E-state index in [4.69, 9.17) is 10.7 Å². The molecule has 1 aromatic heterocycles. The number of amidine groups is 1. The summed E-state index contributed by atoms with van der Waals surface area (Å²) in [5.41, 5.74) is 6.23. The van der Waals surface area contributed by atoms with Crippen LogP contribution in [0.5, 0.6) is 0 Å². The fourth-order valence-electron chi connectivity index (χ4n) is 3.30. The van der Waals surface area contributed by atoms with Gasteiger partial charge in [0.05, 0.1) is 18.7 Å². The van der Waals surface area contributed by atoms with Crippen LogP contribution in [0.25, 0.3) is 0 Å². The standard InChI is InChI=1S/C21H25F2N5S/c1-14(2)21(12-26-15(3)24)20(29-19-8-17(22)7-18(23)9-19)28(13-27-21)11-16-5-4-6-25-10-16/h4-10,13-14,20H,11-12H2,1-3H3,(H2,24,26). The van der Waals surface area contributed by atoms with Gasteiger partial charge in [-0.2, -0.15) is 0 Å². The summed E-state index contributed by atoms with van der Waals surface area (Å²) in [6, 6.07) is 7.43. The van der Waals surface area contributed by atoms with Crippen molar-refractivity contribution in [1.82, 2.24) is 9.88 Å². The van der Waals surface area contributed by atoms with Gasteiger partial charge in [-0.15, -0.1) is 0 Å². The predicted molar refractivity (Wildman–Crippen MR) is 114 cm³/mol. The van der Waals surface area contributed by atoms with E-state index in [0.29, 0.717) is 23.8 Å². The van der Waals surface area contributed by atoms with Crippen LogP contribution in [0, 0.1) is 17.6 Å². The second kappa shape index (κ2) is 8.90. The van der Waals surface area contributed by atoms with Gasteiger partial charge in [-0.1, -0.05) is 31.7 Å². The molecule has 2 aromatic rings. The van der Waals surface area contributed by atoms with Gasteiger partial charge in [0.15, 0.2) is 0 Å². The summed E-state index contributed by atoms with van der Waals surface area (Å²) in [5, 5.41) is -0.216. The number of aliphatic imine (C=N–C) groups is 2. The van der Waals surface area contributed by atoms with Gasteiger partial charge in [0.2, 0.25) is 0 Å². The van der Waals surface area contributed by atoms with Gasteiger partial charge in [0, 0.05) is 29.9 Å². The second-order valence-electron chi connectivity index (χ2n) is 7.46. The molecule has 2 atom stereocenters. The molecule has 2 N–H and O–H groups in total. The first-order valence-electron chi connectivity index (χ1n) is 9.39. The summed E-state index contributed by atoms with van der Waals surface area (Å²) in [6.45, 7) is 6.86. The van der Waals surface area contributed by atoms with Crippen LogP contribution in [0.2, 0.25) is 0 Å². The summed E-state index contributed by atoms with van der Waals surface area (Å²) < 4.78 is 27.6. The van der Waals surface area contributed by atoms with Crippen molar-refractivity contribution in [3.05, 3.63) is 59.9 Å². The van der Waals surface area contributed by atoms with Crippen LogP contribution in [0.15, 0.2) is 57.6 Å². The highest BCUT2D eigenvalue weighted by Crippen LogP contribution is 2.43. The monoisotopic (exact) mass is 417 g/mol. The Morgan fingerprint density at radius 2 is 2.03 bits per heavy atom. The molecular weight excluding hydrogens is 392 g/mol. The molecule has 0 aliphatic carbocycles. The SMILES string of the molecule is CC(N)=NCC1(C(C)C)N=CN(Cc2cccnc2)C1Sc1cc(F)cc(F)c1. The first-order chi connectivity index (χ1) is 13.8.